The van der Waals surface area contributed by atoms with Crippen LogP contribution in [-0.2, 0) is 11.2 Å². The second kappa shape index (κ2) is 7.88. The zero-order valence-electron chi connectivity index (χ0n) is 12.3. The summed E-state index contributed by atoms with van der Waals surface area (Å²) < 4.78 is 4.98. The van der Waals surface area contributed by atoms with Crippen molar-refractivity contribution in [3.63, 3.8) is 0 Å². The standard InChI is InChI=1S/C18H24O2/c1-2-20-18(19)17-13-11-16(12-14-17)10-6-9-15-7-4-3-5-8-15/h6,9,11-15H,2-5,7-8,10H2,1H3/b9-6+. The molecule has 0 unspecified atom stereocenters. The largest absolute Gasteiger partial charge is 0.462 e. The van der Waals surface area contributed by atoms with Crippen LogP contribution in [0.4, 0.5) is 0 Å². The van der Waals surface area contributed by atoms with Gasteiger partial charge in [-0.15, -0.1) is 0 Å². The zero-order valence-corrected chi connectivity index (χ0v) is 12.3. The molecule has 0 N–H and O–H groups in total. The van der Waals surface area contributed by atoms with Crippen LogP contribution in [-0.4, -0.2) is 12.6 Å². The molecule has 0 amide bonds. The summed E-state index contributed by atoms with van der Waals surface area (Å²) in [5.41, 5.74) is 1.87. The highest BCUT2D eigenvalue weighted by molar-refractivity contribution is 5.89. The Labute approximate surface area is 121 Å². The molecule has 1 saturated carbocycles. The molecule has 0 aromatic heterocycles. The van der Waals surface area contributed by atoms with E-state index >= 15 is 0 Å². The van der Waals surface area contributed by atoms with Crippen molar-refractivity contribution in [2.75, 3.05) is 6.61 Å². The van der Waals surface area contributed by atoms with Crippen molar-refractivity contribution in [2.24, 2.45) is 5.92 Å². The van der Waals surface area contributed by atoms with Gasteiger partial charge in [0.15, 0.2) is 0 Å². The molecule has 108 valence electrons. The fraction of sp³-hybridized carbons (Fsp3) is 0.500. The Morgan fingerprint density at radius 3 is 2.55 bits per heavy atom. The zero-order chi connectivity index (χ0) is 14.2. The number of hydrogen-bond acceptors (Lipinski definition) is 2. The van der Waals surface area contributed by atoms with Gasteiger partial charge in [0.05, 0.1) is 12.2 Å². The Balaban J connectivity index is 1.84. The van der Waals surface area contributed by atoms with E-state index in [9.17, 15) is 4.79 Å². The van der Waals surface area contributed by atoms with Gasteiger partial charge in [0.1, 0.15) is 0 Å². The molecular weight excluding hydrogens is 248 g/mol. The molecule has 0 radical (unpaired) electrons. The molecule has 1 fully saturated rings. The highest BCUT2D eigenvalue weighted by Crippen LogP contribution is 2.24. The number of carbonyl (C=O) groups is 1. The number of carbonyl (C=O) groups excluding carboxylic acids is 1. The van der Waals surface area contributed by atoms with Gasteiger partial charge in [-0.2, -0.15) is 0 Å². The van der Waals surface area contributed by atoms with Gasteiger partial charge in [0.2, 0.25) is 0 Å². The maximum atomic E-state index is 11.5. The molecule has 2 heteroatoms. The van der Waals surface area contributed by atoms with Crippen molar-refractivity contribution in [3.05, 3.63) is 47.5 Å². The van der Waals surface area contributed by atoms with E-state index in [1.807, 2.05) is 31.2 Å². The fourth-order valence-electron chi connectivity index (χ4n) is 2.71. The number of esters is 1. The first-order valence-electron chi connectivity index (χ1n) is 7.72. The average Bonchev–Trinajstić information content (AvgIpc) is 2.49. The Morgan fingerprint density at radius 1 is 1.20 bits per heavy atom. The van der Waals surface area contributed by atoms with Gasteiger partial charge < -0.3 is 4.74 Å². The van der Waals surface area contributed by atoms with E-state index in [1.165, 1.54) is 37.7 Å². The predicted octanol–water partition coefficient (Wildman–Crippen LogP) is 4.54. The molecule has 0 atom stereocenters. The van der Waals surface area contributed by atoms with Crippen LogP contribution in [0.5, 0.6) is 0 Å². The minimum absolute atomic E-state index is 0.239. The Kier molecular flexibility index (Phi) is 5.85. The summed E-state index contributed by atoms with van der Waals surface area (Å²) in [6, 6.07) is 7.72. The second-order valence-electron chi connectivity index (χ2n) is 5.45. The van der Waals surface area contributed by atoms with Gasteiger partial charge in [0.25, 0.3) is 0 Å². The third kappa shape index (κ3) is 4.52. The van der Waals surface area contributed by atoms with Crippen LogP contribution in [0.25, 0.3) is 0 Å². The highest BCUT2D eigenvalue weighted by Gasteiger charge is 2.09. The molecule has 2 rings (SSSR count). The van der Waals surface area contributed by atoms with Crippen molar-refractivity contribution in [1.29, 1.82) is 0 Å². The average molecular weight is 272 g/mol. The van der Waals surface area contributed by atoms with Crippen LogP contribution in [0.2, 0.25) is 0 Å². The smallest absolute Gasteiger partial charge is 0.338 e. The third-order valence-corrected chi connectivity index (χ3v) is 3.88. The molecular formula is C18H24O2. The van der Waals surface area contributed by atoms with Gasteiger partial charge in [-0.1, -0.05) is 43.5 Å². The normalized spacial score (nSPS) is 16.4. The summed E-state index contributed by atoms with van der Waals surface area (Å²) in [6.45, 7) is 2.24. The van der Waals surface area contributed by atoms with Crippen LogP contribution < -0.4 is 0 Å². The topological polar surface area (TPSA) is 26.3 Å². The maximum absolute atomic E-state index is 11.5. The van der Waals surface area contributed by atoms with Gasteiger partial charge >= 0.3 is 5.97 Å². The molecule has 2 nitrogen and oxygen atoms in total. The van der Waals surface area contributed by atoms with E-state index in [1.54, 1.807) is 0 Å². The Morgan fingerprint density at radius 2 is 1.90 bits per heavy atom. The van der Waals surface area contributed by atoms with Crippen LogP contribution in [0.1, 0.15) is 54.9 Å². The molecule has 1 aromatic rings. The molecule has 1 aliphatic rings. The lowest BCUT2D eigenvalue weighted by Crippen LogP contribution is -2.04. The lowest BCUT2D eigenvalue weighted by Gasteiger charge is -2.17. The van der Waals surface area contributed by atoms with Crippen LogP contribution in [0.15, 0.2) is 36.4 Å². The first kappa shape index (κ1) is 14.8. The van der Waals surface area contributed by atoms with Crippen molar-refractivity contribution in [3.8, 4) is 0 Å². The van der Waals surface area contributed by atoms with Crippen LogP contribution in [0.3, 0.4) is 0 Å². The van der Waals surface area contributed by atoms with Crippen molar-refractivity contribution < 1.29 is 9.53 Å². The SMILES string of the molecule is CCOC(=O)c1ccc(C/C=C/C2CCCCC2)cc1. The highest BCUT2D eigenvalue weighted by atomic mass is 16.5. The molecule has 0 spiro atoms. The Bertz CT molecular complexity index is 439. The maximum Gasteiger partial charge on any atom is 0.338 e. The van der Waals surface area contributed by atoms with Gasteiger partial charge in [-0.3, -0.25) is 0 Å². The van der Waals surface area contributed by atoms with E-state index in [0.29, 0.717) is 12.2 Å². The molecule has 0 bridgehead atoms. The van der Waals surface area contributed by atoms with Crippen LogP contribution in [0, 0.1) is 5.92 Å². The van der Waals surface area contributed by atoms with E-state index in [2.05, 4.69) is 12.2 Å². The van der Waals surface area contributed by atoms with Gasteiger partial charge in [-0.25, -0.2) is 4.79 Å². The summed E-state index contributed by atoms with van der Waals surface area (Å²) in [7, 11) is 0. The lowest BCUT2D eigenvalue weighted by molar-refractivity contribution is 0.0526. The molecule has 0 heterocycles. The number of allylic oxidation sites excluding steroid dienone is 2. The fourth-order valence-corrected chi connectivity index (χ4v) is 2.71. The number of rotatable bonds is 5. The summed E-state index contributed by atoms with van der Waals surface area (Å²) in [5, 5.41) is 0. The number of benzene rings is 1. The lowest BCUT2D eigenvalue weighted by atomic mass is 9.89. The molecule has 20 heavy (non-hydrogen) atoms. The second-order valence-corrected chi connectivity index (χ2v) is 5.45. The molecule has 1 aliphatic carbocycles. The molecule has 1 aromatic carbocycles. The van der Waals surface area contributed by atoms with E-state index < -0.39 is 0 Å². The summed E-state index contributed by atoms with van der Waals surface area (Å²) in [4.78, 5) is 11.5. The minimum Gasteiger partial charge on any atom is -0.462 e. The summed E-state index contributed by atoms with van der Waals surface area (Å²) >= 11 is 0. The minimum atomic E-state index is -0.239. The first-order chi connectivity index (χ1) is 9.79. The van der Waals surface area contributed by atoms with E-state index in [0.717, 1.165) is 12.3 Å². The van der Waals surface area contributed by atoms with E-state index in [4.69, 9.17) is 4.74 Å². The van der Waals surface area contributed by atoms with Gasteiger partial charge in [0, 0.05) is 0 Å². The summed E-state index contributed by atoms with van der Waals surface area (Å²) in [6.07, 6.45) is 12.4. The molecule has 0 saturated heterocycles. The molecule has 0 aliphatic heterocycles. The van der Waals surface area contributed by atoms with Crippen molar-refractivity contribution in [2.45, 2.75) is 45.4 Å². The summed E-state index contributed by atoms with van der Waals surface area (Å²) in [5.74, 6) is 0.541. The van der Waals surface area contributed by atoms with Crippen LogP contribution >= 0.6 is 0 Å². The number of ether oxygens (including phenoxy) is 1. The Hall–Kier alpha value is -1.57. The first-order valence-corrected chi connectivity index (χ1v) is 7.72. The van der Waals surface area contributed by atoms with Gasteiger partial charge in [-0.05, 0) is 49.8 Å². The quantitative estimate of drug-likeness (QED) is 0.581. The third-order valence-electron chi connectivity index (χ3n) is 3.88. The van der Waals surface area contributed by atoms with Crippen molar-refractivity contribution >= 4 is 5.97 Å². The monoisotopic (exact) mass is 272 g/mol. The predicted molar refractivity (Wildman–Crippen MR) is 81.8 cm³/mol. The number of hydrogen-bond donors (Lipinski definition) is 0. The van der Waals surface area contributed by atoms with Crippen molar-refractivity contribution in [1.82, 2.24) is 0 Å². The van der Waals surface area contributed by atoms with E-state index in [-0.39, 0.29) is 5.97 Å².